The molecule has 0 spiro atoms. The van der Waals surface area contributed by atoms with Gasteiger partial charge in [-0.05, 0) is 24.0 Å². The zero-order valence-electron chi connectivity index (χ0n) is 14.8. The van der Waals surface area contributed by atoms with Gasteiger partial charge >= 0.3 is 5.97 Å². The van der Waals surface area contributed by atoms with Crippen LogP contribution in [-0.4, -0.2) is 27.2 Å². The molecule has 8 heteroatoms. The van der Waals surface area contributed by atoms with Crippen molar-refractivity contribution in [3.63, 3.8) is 0 Å². The number of carboxylic acids is 1. The summed E-state index contributed by atoms with van der Waals surface area (Å²) in [5.41, 5.74) is -0.550. The van der Waals surface area contributed by atoms with Crippen molar-refractivity contribution < 1.29 is 19.4 Å². The number of benzene rings is 1. The number of aliphatic carboxylic acids is 1. The Hall–Kier alpha value is -2.48. The number of hydrogen-bond donors (Lipinski definition) is 2. The van der Waals surface area contributed by atoms with E-state index in [1.54, 1.807) is 13.8 Å². The van der Waals surface area contributed by atoms with E-state index >= 15 is 0 Å². The molecule has 26 heavy (non-hydrogen) atoms. The largest absolute Gasteiger partial charge is 0.483 e. The van der Waals surface area contributed by atoms with Crippen LogP contribution in [0.25, 0.3) is 0 Å². The van der Waals surface area contributed by atoms with Gasteiger partial charge in [0.2, 0.25) is 11.0 Å². The molecule has 1 aromatic carbocycles. The van der Waals surface area contributed by atoms with E-state index in [9.17, 15) is 14.7 Å². The van der Waals surface area contributed by atoms with E-state index in [0.29, 0.717) is 16.6 Å². The van der Waals surface area contributed by atoms with E-state index in [0.717, 1.165) is 5.75 Å². The lowest BCUT2D eigenvalue weighted by molar-refractivity contribution is -0.140. The first kappa shape index (κ1) is 18.3. The number of hydrogen-bond acceptors (Lipinski definition) is 6. The van der Waals surface area contributed by atoms with Gasteiger partial charge in [0, 0.05) is 0 Å². The van der Waals surface area contributed by atoms with Crippen molar-refractivity contribution in [3.05, 3.63) is 35.3 Å². The maximum absolute atomic E-state index is 12.4. The maximum atomic E-state index is 12.4. The number of nitrogens with zero attached hydrogens (tertiary/aromatic N) is 2. The van der Waals surface area contributed by atoms with Crippen LogP contribution >= 0.6 is 11.3 Å². The van der Waals surface area contributed by atoms with Crippen molar-refractivity contribution >= 4 is 28.3 Å². The average Bonchev–Trinajstić information content (AvgIpc) is 2.94. The summed E-state index contributed by atoms with van der Waals surface area (Å²) in [6.07, 6.45) is 0.443. The molecule has 2 N–H and O–H groups in total. The summed E-state index contributed by atoms with van der Waals surface area (Å²) < 4.78 is 5.93. The molecule has 1 heterocycles. The molecule has 0 unspecified atom stereocenters. The Morgan fingerprint density at radius 1 is 1.27 bits per heavy atom. The van der Waals surface area contributed by atoms with Gasteiger partial charge < -0.3 is 15.2 Å². The molecule has 138 valence electrons. The van der Waals surface area contributed by atoms with Crippen LogP contribution in [0.4, 0.5) is 5.13 Å². The van der Waals surface area contributed by atoms with Crippen LogP contribution in [0.1, 0.15) is 38.3 Å². The third-order valence-electron chi connectivity index (χ3n) is 4.71. The number of carboxylic acid groups (broad SMARTS) is 1. The Balaban J connectivity index is 1.66. The molecule has 0 saturated heterocycles. The fraction of sp³-hybridized carbons (Fsp3) is 0.444. The topological polar surface area (TPSA) is 101 Å². The number of nitrogens with one attached hydrogen (secondary N) is 1. The number of anilines is 1. The highest BCUT2D eigenvalue weighted by Gasteiger charge is 2.66. The van der Waals surface area contributed by atoms with Gasteiger partial charge in [0.1, 0.15) is 5.75 Å². The molecular formula is C18H21N3O4S. The Morgan fingerprint density at radius 2 is 1.96 bits per heavy atom. The van der Waals surface area contributed by atoms with Crippen LogP contribution in [0.3, 0.4) is 0 Å². The quantitative estimate of drug-likeness (QED) is 0.769. The monoisotopic (exact) mass is 375 g/mol. The lowest BCUT2D eigenvalue weighted by Gasteiger charge is -2.14. The highest BCUT2D eigenvalue weighted by molar-refractivity contribution is 7.15. The summed E-state index contributed by atoms with van der Waals surface area (Å²) in [4.78, 5) is 23.6. The van der Waals surface area contributed by atoms with Gasteiger partial charge in [-0.2, -0.15) is 0 Å². The Morgan fingerprint density at radius 3 is 2.54 bits per heavy atom. The zero-order valence-corrected chi connectivity index (χ0v) is 15.6. The molecule has 1 aromatic heterocycles. The standard InChI is InChI=1S/C18H21N3O4S/c1-4-11(25-10-8-6-5-7-9-10)15-20-21-17(26-15)19-14(22)12-13(16(23)24)18(12,2)3/h5-9,11-13H,4H2,1-3H3,(H,23,24)(H,19,21,22)/t11-,12+,13-/m1/s1. The number of carbonyl (C=O) groups is 2. The summed E-state index contributed by atoms with van der Waals surface area (Å²) in [5, 5.41) is 21.0. The summed E-state index contributed by atoms with van der Waals surface area (Å²) in [6, 6.07) is 9.44. The highest BCUT2D eigenvalue weighted by atomic mass is 32.1. The van der Waals surface area contributed by atoms with Gasteiger partial charge in [0.15, 0.2) is 11.1 Å². The molecule has 1 aliphatic carbocycles. The minimum atomic E-state index is -0.949. The van der Waals surface area contributed by atoms with Gasteiger partial charge in [-0.1, -0.05) is 50.3 Å². The Bertz CT molecular complexity index is 806. The van der Waals surface area contributed by atoms with Gasteiger partial charge in [0.25, 0.3) is 0 Å². The predicted molar refractivity (Wildman–Crippen MR) is 97.0 cm³/mol. The molecule has 1 fully saturated rings. The molecule has 0 aliphatic heterocycles. The number of amides is 1. The Labute approximate surface area is 155 Å². The number of ether oxygens (including phenoxy) is 1. The average molecular weight is 375 g/mol. The van der Waals surface area contributed by atoms with Crippen LogP contribution < -0.4 is 10.1 Å². The van der Waals surface area contributed by atoms with Gasteiger partial charge in [0.05, 0.1) is 11.8 Å². The number of rotatable bonds is 7. The fourth-order valence-corrected chi connectivity index (χ4v) is 4.02. The molecule has 1 aliphatic rings. The van der Waals surface area contributed by atoms with Gasteiger partial charge in [-0.15, -0.1) is 10.2 Å². The summed E-state index contributed by atoms with van der Waals surface area (Å²) in [6.45, 7) is 5.54. The second-order valence-electron chi connectivity index (χ2n) is 6.88. The number of aromatic nitrogens is 2. The van der Waals surface area contributed by atoms with Crippen molar-refractivity contribution in [2.24, 2.45) is 17.3 Å². The zero-order chi connectivity index (χ0) is 18.9. The molecule has 1 saturated carbocycles. The van der Waals surface area contributed by atoms with E-state index in [1.807, 2.05) is 37.3 Å². The second-order valence-corrected chi connectivity index (χ2v) is 7.89. The van der Waals surface area contributed by atoms with Crippen molar-refractivity contribution in [1.29, 1.82) is 0 Å². The smallest absolute Gasteiger partial charge is 0.307 e. The molecule has 0 bridgehead atoms. The van der Waals surface area contributed by atoms with Crippen molar-refractivity contribution in [1.82, 2.24) is 10.2 Å². The van der Waals surface area contributed by atoms with Crippen LogP contribution in [0.2, 0.25) is 0 Å². The van der Waals surface area contributed by atoms with Crippen LogP contribution in [0.15, 0.2) is 30.3 Å². The van der Waals surface area contributed by atoms with E-state index in [1.165, 1.54) is 11.3 Å². The molecule has 2 aromatic rings. The minimum absolute atomic E-state index is 0.260. The normalized spacial score (nSPS) is 21.7. The number of carbonyl (C=O) groups excluding carboxylic acids is 1. The van der Waals surface area contributed by atoms with E-state index < -0.39 is 23.2 Å². The number of para-hydroxylation sites is 1. The van der Waals surface area contributed by atoms with Gasteiger partial charge in [-0.25, -0.2) is 0 Å². The molecule has 3 atom stereocenters. The summed E-state index contributed by atoms with van der Waals surface area (Å²) in [7, 11) is 0. The summed E-state index contributed by atoms with van der Waals surface area (Å²) in [5.74, 6) is -1.77. The molecule has 0 radical (unpaired) electrons. The molecular weight excluding hydrogens is 354 g/mol. The third kappa shape index (κ3) is 3.55. The first-order chi connectivity index (χ1) is 12.3. The van der Waals surface area contributed by atoms with E-state index in [-0.39, 0.29) is 12.0 Å². The third-order valence-corrected chi connectivity index (χ3v) is 5.65. The second kappa shape index (κ2) is 7.03. The molecule has 3 rings (SSSR count). The Kier molecular flexibility index (Phi) is 4.95. The van der Waals surface area contributed by atoms with Crippen LogP contribution in [0.5, 0.6) is 5.75 Å². The lowest BCUT2D eigenvalue weighted by Crippen LogP contribution is -2.17. The van der Waals surface area contributed by atoms with Crippen LogP contribution in [-0.2, 0) is 9.59 Å². The lowest BCUT2D eigenvalue weighted by atomic mass is 10.1. The van der Waals surface area contributed by atoms with Crippen molar-refractivity contribution in [3.8, 4) is 5.75 Å². The highest BCUT2D eigenvalue weighted by Crippen LogP contribution is 2.58. The van der Waals surface area contributed by atoms with Gasteiger partial charge in [-0.3, -0.25) is 9.59 Å². The first-order valence-corrected chi connectivity index (χ1v) is 9.25. The van der Waals surface area contributed by atoms with Crippen molar-refractivity contribution in [2.75, 3.05) is 5.32 Å². The van der Waals surface area contributed by atoms with Crippen LogP contribution in [0, 0.1) is 17.3 Å². The maximum Gasteiger partial charge on any atom is 0.307 e. The summed E-state index contributed by atoms with van der Waals surface area (Å²) >= 11 is 1.24. The minimum Gasteiger partial charge on any atom is -0.483 e. The van der Waals surface area contributed by atoms with E-state index in [2.05, 4.69) is 15.5 Å². The molecule has 7 nitrogen and oxygen atoms in total. The first-order valence-electron chi connectivity index (χ1n) is 8.43. The van der Waals surface area contributed by atoms with Crippen molar-refractivity contribution in [2.45, 2.75) is 33.3 Å². The predicted octanol–water partition coefficient (Wildman–Crippen LogP) is 3.36. The SMILES string of the molecule is CC[C@@H](Oc1ccccc1)c1nnc(NC(=O)[C@@H]2[C@H](C(=O)O)C2(C)C)s1. The molecule has 1 amide bonds. The fourth-order valence-electron chi connectivity index (χ4n) is 3.16. The van der Waals surface area contributed by atoms with E-state index in [4.69, 9.17) is 4.74 Å².